The summed E-state index contributed by atoms with van der Waals surface area (Å²) in [5, 5.41) is 0.647. The van der Waals surface area contributed by atoms with E-state index in [0.717, 1.165) is 31.2 Å². The predicted octanol–water partition coefficient (Wildman–Crippen LogP) is 4.56. The molecule has 0 N–H and O–H groups in total. The molecule has 1 aliphatic rings. The fraction of sp³-hybridized carbons (Fsp3) is 0.533. The Morgan fingerprint density at radius 2 is 1.85 bits per heavy atom. The summed E-state index contributed by atoms with van der Waals surface area (Å²) in [6, 6.07) is 7.25. The minimum Gasteiger partial charge on any atom is -0.335 e. The summed E-state index contributed by atoms with van der Waals surface area (Å²) >= 11 is 11.2. The summed E-state index contributed by atoms with van der Waals surface area (Å²) in [6.45, 7) is 0. The van der Waals surface area contributed by atoms with E-state index in [1.807, 2.05) is 12.1 Å². The third-order valence-electron chi connectivity index (χ3n) is 4.01. The third-order valence-corrected chi connectivity index (χ3v) is 4.45. The Hall–Kier alpha value is -0.800. The Morgan fingerprint density at radius 3 is 2.35 bits per heavy atom. The zero-order valence-electron chi connectivity index (χ0n) is 11.4. The van der Waals surface area contributed by atoms with Gasteiger partial charge in [0.2, 0.25) is 0 Å². The van der Waals surface area contributed by atoms with Crippen molar-refractivity contribution in [2.45, 2.75) is 37.4 Å². The quantitative estimate of drug-likeness (QED) is 0.745. The molecule has 0 spiro atoms. The van der Waals surface area contributed by atoms with Crippen molar-refractivity contribution in [1.82, 2.24) is 4.90 Å². The van der Waals surface area contributed by atoms with Crippen LogP contribution in [0.3, 0.4) is 0 Å². The summed E-state index contributed by atoms with van der Waals surface area (Å²) in [4.78, 5) is 13.3. The summed E-state index contributed by atoms with van der Waals surface area (Å²) in [5.74, 6) is -0.334. The van der Waals surface area contributed by atoms with Gasteiger partial charge in [0, 0.05) is 12.1 Å². The number of amides is 1. The van der Waals surface area contributed by atoms with Crippen LogP contribution in [0.5, 0.6) is 0 Å². The SMILES string of the molecule is CN(C(=O)C(F)Cl)C(c1ccc(Cl)cc1)C1CCCC1. The molecule has 0 aliphatic heterocycles. The van der Waals surface area contributed by atoms with Crippen LogP contribution in [0.4, 0.5) is 4.39 Å². The fourth-order valence-electron chi connectivity index (χ4n) is 3.04. The van der Waals surface area contributed by atoms with Crippen molar-refractivity contribution in [1.29, 1.82) is 0 Å². The second-order valence-corrected chi connectivity index (χ2v) is 6.11. The number of nitrogens with zero attached hydrogens (tertiary/aromatic N) is 1. The van der Waals surface area contributed by atoms with Gasteiger partial charge in [-0.05, 0) is 36.5 Å². The highest BCUT2D eigenvalue weighted by Crippen LogP contribution is 2.39. The van der Waals surface area contributed by atoms with Crippen molar-refractivity contribution in [3.05, 3.63) is 34.9 Å². The molecule has 0 heterocycles. The molecule has 0 bridgehead atoms. The van der Waals surface area contributed by atoms with Crippen LogP contribution in [0.2, 0.25) is 5.02 Å². The molecule has 110 valence electrons. The normalized spacial score (nSPS) is 18.8. The second kappa shape index (κ2) is 6.77. The first-order chi connectivity index (χ1) is 9.50. The molecule has 1 saturated carbocycles. The van der Waals surface area contributed by atoms with E-state index in [4.69, 9.17) is 23.2 Å². The van der Waals surface area contributed by atoms with Gasteiger partial charge < -0.3 is 4.90 Å². The lowest BCUT2D eigenvalue weighted by atomic mass is 9.90. The van der Waals surface area contributed by atoms with Gasteiger partial charge in [-0.15, -0.1) is 0 Å². The van der Waals surface area contributed by atoms with E-state index in [2.05, 4.69) is 0 Å². The second-order valence-electron chi connectivity index (χ2n) is 5.29. The van der Waals surface area contributed by atoms with Crippen LogP contribution in [0.15, 0.2) is 24.3 Å². The molecule has 1 aromatic rings. The van der Waals surface area contributed by atoms with Gasteiger partial charge in [-0.2, -0.15) is 0 Å². The molecule has 20 heavy (non-hydrogen) atoms. The molecular formula is C15H18Cl2FNO. The van der Waals surface area contributed by atoms with Crippen LogP contribution in [0.25, 0.3) is 0 Å². The molecule has 1 aromatic carbocycles. The highest BCUT2D eigenvalue weighted by molar-refractivity contribution is 6.30. The molecule has 1 aliphatic carbocycles. The highest BCUT2D eigenvalue weighted by atomic mass is 35.5. The van der Waals surface area contributed by atoms with E-state index < -0.39 is 11.5 Å². The molecule has 0 radical (unpaired) electrons. The highest BCUT2D eigenvalue weighted by Gasteiger charge is 2.33. The summed E-state index contributed by atoms with van der Waals surface area (Å²) < 4.78 is 13.1. The third kappa shape index (κ3) is 3.44. The average molecular weight is 318 g/mol. The molecule has 0 saturated heterocycles. The molecule has 2 unspecified atom stereocenters. The summed E-state index contributed by atoms with van der Waals surface area (Å²) in [5.41, 5.74) is -1.01. The predicted molar refractivity (Wildman–Crippen MR) is 79.7 cm³/mol. The summed E-state index contributed by atoms with van der Waals surface area (Å²) in [7, 11) is 1.62. The average Bonchev–Trinajstić information content (AvgIpc) is 2.94. The maximum Gasteiger partial charge on any atom is 0.272 e. The van der Waals surface area contributed by atoms with Crippen LogP contribution in [-0.2, 0) is 4.79 Å². The van der Waals surface area contributed by atoms with E-state index in [9.17, 15) is 9.18 Å². The van der Waals surface area contributed by atoms with Gasteiger partial charge >= 0.3 is 0 Å². The van der Waals surface area contributed by atoms with Crippen LogP contribution in [0, 0.1) is 5.92 Å². The molecule has 2 atom stereocenters. The monoisotopic (exact) mass is 317 g/mol. The first-order valence-electron chi connectivity index (χ1n) is 6.81. The van der Waals surface area contributed by atoms with E-state index in [-0.39, 0.29) is 6.04 Å². The first kappa shape index (κ1) is 15.6. The van der Waals surface area contributed by atoms with Crippen molar-refractivity contribution in [3.63, 3.8) is 0 Å². The van der Waals surface area contributed by atoms with Gasteiger partial charge in [0.05, 0.1) is 6.04 Å². The van der Waals surface area contributed by atoms with E-state index in [0.29, 0.717) is 10.9 Å². The Kier molecular flexibility index (Phi) is 5.28. The lowest BCUT2D eigenvalue weighted by molar-refractivity contribution is -0.135. The van der Waals surface area contributed by atoms with Crippen LogP contribution < -0.4 is 0 Å². The maximum atomic E-state index is 13.1. The lowest BCUT2D eigenvalue weighted by Gasteiger charge is -2.33. The Morgan fingerprint density at radius 1 is 1.30 bits per heavy atom. The lowest BCUT2D eigenvalue weighted by Crippen LogP contribution is -2.38. The number of alkyl halides is 2. The van der Waals surface area contributed by atoms with E-state index in [1.165, 1.54) is 4.90 Å². The van der Waals surface area contributed by atoms with Crippen molar-refractivity contribution < 1.29 is 9.18 Å². The Balaban J connectivity index is 2.28. The number of carbonyl (C=O) groups excluding carboxylic acids is 1. The van der Waals surface area contributed by atoms with Gasteiger partial charge in [0.15, 0.2) is 0 Å². The van der Waals surface area contributed by atoms with Crippen molar-refractivity contribution in [2.75, 3.05) is 7.05 Å². The zero-order chi connectivity index (χ0) is 14.7. The number of carbonyl (C=O) groups is 1. The fourth-order valence-corrected chi connectivity index (χ4v) is 3.32. The molecule has 2 nitrogen and oxygen atoms in total. The first-order valence-corrected chi connectivity index (χ1v) is 7.62. The molecule has 1 amide bonds. The number of hydrogen-bond donors (Lipinski definition) is 0. The molecule has 5 heteroatoms. The largest absolute Gasteiger partial charge is 0.335 e. The smallest absolute Gasteiger partial charge is 0.272 e. The van der Waals surface area contributed by atoms with Crippen LogP contribution in [-0.4, -0.2) is 23.5 Å². The Labute approximate surface area is 128 Å². The van der Waals surface area contributed by atoms with Crippen molar-refractivity contribution in [2.24, 2.45) is 5.92 Å². The number of benzene rings is 1. The topological polar surface area (TPSA) is 20.3 Å². The minimum atomic E-state index is -1.99. The van der Waals surface area contributed by atoms with Gasteiger partial charge in [-0.1, -0.05) is 48.2 Å². The van der Waals surface area contributed by atoms with Crippen molar-refractivity contribution >= 4 is 29.1 Å². The zero-order valence-corrected chi connectivity index (χ0v) is 12.9. The van der Waals surface area contributed by atoms with Gasteiger partial charge in [-0.25, -0.2) is 4.39 Å². The summed E-state index contributed by atoms with van der Waals surface area (Å²) in [6.07, 6.45) is 4.39. The van der Waals surface area contributed by atoms with Crippen LogP contribution in [0.1, 0.15) is 37.3 Å². The van der Waals surface area contributed by atoms with E-state index >= 15 is 0 Å². The minimum absolute atomic E-state index is 0.140. The molecule has 1 fully saturated rings. The number of rotatable bonds is 4. The Bertz CT molecular complexity index is 457. The number of halogens is 3. The molecule has 0 aromatic heterocycles. The van der Waals surface area contributed by atoms with Gasteiger partial charge in [0.1, 0.15) is 0 Å². The maximum absolute atomic E-state index is 13.1. The van der Waals surface area contributed by atoms with Crippen molar-refractivity contribution in [3.8, 4) is 0 Å². The van der Waals surface area contributed by atoms with Crippen LogP contribution >= 0.6 is 23.2 Å². The molecule has 2 rings (SSSR count). The van der Waals surface area contributed by atoms with E-state index in [1.54, 1.807) is 19.2 Å². The van der Waals surface area contributed by atoms with Gasteiger partial charge in [-0.3, -0.25) is 4.79 Å². The van der Waals surface area contributed by atoms with Gasteiger partial charge in [0.25, 0.3) is 11.5 Å². The standard InChI is InChI=1S/C15H18Cl2FNO/c1-19(15(20)14(17)18)13(10-4-2-3-5-10)11-6-8-12(16)9-7-11/h6-10,13-14H,2-5H2,1H3. The number of hydrogen-bond acceptors (Lipinski definition) is 1. The molecular weight excluding hydrogens is 300 g/mol.